The van der Waals surface area contributed by atoms with E-state index in [1.54, 1.807) is 0 Å². The zero-order chi connectivity index (χ0) is 17.2. The second-order valence-electron chi connectivity index (χ2n) is 4.38. The second kappa shape index (κ2) is 6.03. The Balaban J connectivity index is 2.29. The summed E-state index contributed by atoms with van der Waals surface area (Å²) in [7, 11) is 0. The number of pyridine rings is 1. The molecule has 0 bridgehead atoms. The van der Waals surface area contributed by atoms with Crippen LogP contribution in [0.2, 0.25) is 0 Å². The van der Waals surface area contributed by atoms with Crippen LogP contribution in [0.4, 0.5) is 23.4 Å². The van der Waals surface area contributed by atoms with Gasteiger partial charge in [-0.25, -0.2) is 14.2 Å². The van der Waals surface area contributed by atoms with Crippen LogP contribution >= 0.6 is 0 Å². The number of carbonyl (C=O) groups excluding carboxylic acids is 1. The zero-order valence-electron chi connectivity index (χ0n) is 11.2. The Hall–Kier alpha value is -2.97. The monoisotopic (exact) mass is 328 g/mol. The molecule has 9 heteroatoms. The Kier molecular flexibility index (Phi) is 4.30. The average molecular weight is 328 g/mol. The van der Waals surface area contributed by atoms with E-state index in [0.29, 0.717) is 6.07 Å². The first kappa shape index (κ1) is 16.4. The van der Waals surface area contributed by atoms with Gasteiger partial charge in [-0.15, -0.1) is 0 Å². The number of halogens is 4. The van der Waals surface area contributed by atoms with Crippen LogP contribution in [-0.4, -0.2) is 22.0 Å². The van der Waals surface area contributed by atoms with Gasteiger partial charge in [0.2, 0.25) is 0 Å². The van der Waals surface area contributed by atoms with E-state index < -0.39 is 35.0 Å². The third-order valence-electron chi connectivity index (χ3n) is 2.78. The average Bonchev–Trinajstić information content (AvgIpc) is 2.46. The summed E-state index contributed by atoms with van der Waals surface area (Å²) < 4.78 is 51.5. The fraction of sp³-hybridized carbons (Fsp3) is 0.0714. The lowest BCUT2D eigenvalue weighted by molar-refractivity contribution is -0.138. The number of anilines is 1. The molecule has 1 aromatic carbocycles. The van der Waals surface area contributed by atoms with E-state index >= 15 is 0 Å². The molecule has 0 spiro atoms. The number of nitrogens with zero attached hydrogens (tertiary/aromatic N) is 1. The number of alkyl halides is 3. The summed E-state index contributed by atoms with van der Waals surface area (Å²) in [5, 5.41) is 10.8. The van der Waals surface area contributed by atoms with Crippen LogP contribution in [0.25, 0.3) is 0 Å². The number of benzene rings is 1. The van der Waals surface area contributed by atoms with Crippen molar-refractivity contribution in [3.63, 3.8) is 0 Å². The number of carbonyl (C=O) groups is 2. The van der Waals surface area contributed by atoms with E-state index in [1.807, 2.05) is 0 Å². The number of rotatable bonds is 3. The SMILES string of the molecule is O=C(O)c1ccc(NC(=O)c2ccc(F)cc2C(F)(F)F)nc1. The number of aromatic nitrogens is 1. The summed E-state index contributed by atoms with van der Waals surface area (Å²) in [5.74, 6) is -3.66. The normalized spacial score (nSPS) is 11.1. The molecule has 2 aromatic rings. The van der Waals surface area contributed by atoms with E-state index in [9.17, 15) is 27.2 Å². The summed E-state index contributed by atoms with van der Waals surface area (Å²) >= 11 is 0. The maximum absolute atomic E-state index is 13.0. The maximum atomic E-state index is 13.0. The molecule has 1 aromatic heterocycles. The number of hydrogen-bond donors (Lipinski definition) is 2. The molecule has 0 saturated carbocycles. The van der Waals surface area contributed by atoms with Crippen LogP contribution < -0.4 is 5.32 Å². The van der Waals surface area contributed by atoms with Crippen molar-refractivity contribution >= 4 is 17.7 Å². The van der Waals surface area contributed by atoms with Crippen molar-refractivity contribution in [3.05, 3.63) is 59.0 Å². The molecule has 1 heterocycles. The molecular weight excluding hydrogens is 320 g/mol. The highest BCUT2D eigenvalue weighted by Gasteiger charge is 2.35. The van der Waals surface area contributed by atoms with Gasteiger partial charge in [0.1, 0.15) is 11.6 Å². The van der Waals surface area contributed by atoms with Gasteiger partial charge in [0.25, 0.3) is 5.91 Å². The summed E-state index contributed by atoms with van der Waals surface area (Å²) in [6.07, 6.45) is -3.97. The number of nitrogens with one attached hydrogen (secondary N) is 1. The molecule has 0 aliphatic heterocycles. The molecule has 0 unspecified atom stereocenters. The van der Waals surface area contributed by atoms with E-state index in [4.69, 9.17) is 5.11 Å². The van der Waals surface area contributed by atoms with Crippen molar-refractivity contribution in [3.8, 4) is 0 Å². The molecule has 2 N–H and O–H groups in total. The summed E-state index contributed by atoms with van der Waals surface area (Å²) in [6.45, 7) is 0. The van der Waals surface area contributed by atoms with E-state index in [0.717, 1.165) is 24.4 Å². The Morgan fingerprint density at radius 3 is 2.35 bits per heavy atom. The van der Waals surface area contributed by atoms with Crippen molar-refractivity contribution in [2.45, 2.75) is 6.18 Å². The largest absolute Gasteiger partial charge is 0.478 e. The molecule has 120 valence electrons. The quantitative estimate of drug-likeness (QED) is 0.848. The minimum Gasteiger partial charge on any atom is -0.478 e. The lowest BCUT2D eigenvalue weighted by Crippen LogP contribution is -2.19. The van der Waals surface area contributed by atoms with Crippen molar-refractivity contribution in [1.29, 1.82) is 0 Å². The molecular formula is C14H8F4N2O3. The van der Waals surface area contributed by atoms with E-state index in [-0.39, 0.29) is 17.4 Å². The van der Waals surface area contributed by atoms with Gasteiger partial charge in [0, 0.05) is 6.20 Å². The van der Waals surface area contributed by atoms with Gasteiger partial charge in [0.15, 0.2) is 0 Å². The van der Waals surface area contributed by atoms with Crippen molar-refractivity contribution < 1.29 is 32.3 Å². The van der Waals surface area contributed by atoms with E-state index in [2.05, 4.69) is 10.3 Å². The summed E-state index contributed by atoms with van der Waals surface area (Å²) in [6, 6.07) is 3.90. The third kappa shape index (κ3) is 3.82. The maximum Gasteiger partial charge on any atom is 0.417 e. The molecule has 0 aliphatic carbocycles. The Labute approximate surface area is 126 Å². The standard InChI is InChI=1S/C14H8F4N2O3/c15-8-2-3-9(10(5-8)14(16,17)18)12(21)20-11-4-1-7(6-19-11)13(22)23/h1-6H,(H,22,23)(H,19,20,21). The van der Waals surface area contributed by atoms with Gasteiger partial charge in [0.05, 0.1) is 16.7 Å². The first-order valence-electron chi connectivity index (χ1n) is 6.06. The number of aromatic carboxylic acids is 1. The van der Waals surface area contributed by atoms with Gasteiger partial charge in [-0.3, -0.25) is 4.79 Å². The highest BCUT2D eigenvalue weighted by molar-refractivity contribution is 6.05. The Morgan fingerprint density at radius 1 is 1.13 bits per heavy atom. The first-order chi connectivity index (χ1) is 10.7. The molecule has 5 nitrogen and oxygen atoms in total. The molecule has 0 aliphatic rings. The highest BCUT2D eigenvalue weighted by atomic mass is 19.4. The number of carboxylic acids is 1. The number of hydrogen-bond acceptors (Lipinski definition) is 3. The molecule has 2 rings (SSSR count). The minimum absolute atomic E-state index is 0.141. The van der Waals surface area contributed by atoms with Crippen LogP contribution in [0.5, 0.6) is 0 Å². The van der Waals surface area contributed by atoms with Crippen molar-refractivity contribution in [2.75, 3.05) is 5.32 Å². The fourth-order valence-corrected chi connectivity index (χ4v) is 1.73. The predicted molar refractivity (Wildman–Crippen MR) is 70.6 cm³/mol. The highest BCUT2D eigenvalue weighted by Crippen LogP contribution is 2.32. The molecule has 0 atom stereocenters. The summed E-state index contributed by atoms with van der Waals surface area (Å²) in [5.41, 5.74) is -2.35. The number of carboxylic acid groups (broad SMARTS) is 1. The van der Waals surface area contributed by atoms with Crippen LogP contribution in [0, 0.1) is 5.82 Å². The molecule has 0 radical (unpaired) electrons. The van der Waals surface area contributed by atoms with Gasteiger partial charge < -0.3 is 10.4 Å². The molecule has 23 heavy (non-hydrogen) atoms. The van der Waals surface area contributed by atoms with Gasteiger partial charge >= 0.3 is 12.1 Å². The fourth-order valence-electron chi connectivity index (χ4n) is 1.73. The smallest absolute Gasteiger partial charge is 0.417 e. The van der Waals surface area contributed by atoms with Crippen LogP contribution in [0.1, 0.15) is 26.3 Å². The summed E-state index contributed by atoms with van der Waals surface area (Å²) in [4.78, 5) is 26.2. The predicted octanol–water partition coefficient (Wildman–Crippen LogP) is 3.19. The third-order valence-corrected chi connectivity index (χ3v) is 2.78. The molecule has 0 saturated heterocycles. The lowest BCUT2D eigenvalue weighted by Gasteiger charge is -2.12. The zero-order valence-corrected chi connectivity index (χ0v) is 11.2. The van der Waals surface area contributed by atoms with Crippen LogP contribution in [-0.2, 0) is 6.18 Å². The van der Waals surface area contributed by atoms with Crippen molar-refractivity contribution in [1.82, 2.24) is 4.98 Å². The minimum atomic E-state index is -4.91. The van der Waals surface area contributed by atoms with Crippen LogP contribution in [0.3, 0.4) is 0 Å². The first-order valence-corrected chi connectivity index (χ1v) is 6.06. The number of amides is 1. The molecule has 1 amide bonds. The van der Waals surface area contributed by atoms with Gasteiger partial charge in [-0.1, -0.05) is 0 Å². The van der Waals surface area contributed by atoms with Crippen molar-refractivity contribution in [2.24, 2.45) is 0 Å². The van der Waals surface area contributed by atoms with E-state index in [1.165, 1.54) is 0 Å². The lowest BCUT2D eigenvalue weighted by atomic mass is 10.1. The topological polar surface area (TPSA) is 79.3 Å². The van der Waals surface area contributed by atoms with Crippen LogP contribution in [0.15, 0.2) is 36.5 Å². The Morgan fingerprint density at radius 2 is 1.83 bits per heavy atom. The van der Waals surface area contributed by atoms with Gasteiger partial charge in [-0.05, 0) is 30.3 Å². The second-order valence-corrected chi connectivity index (χ2v) is 4.38. The molecule has 0 fully saturated rings. The van der Waals surface area contributed by atoms with Gasteiger partial charge in [-0.2, -0.15) is 13.2 Å². The Bertz CT molecular complexity index is 758.